The number of hydrogen-bond acceptors (Lipinski definition) is 3. The molecule has 0 aliphatic carbocycles. The summed E-state index contributed by atoms with van der Waals surface area (Å²) >= 11 is 0. The quantitative estimate of drug-likeness (QED) is 0.769. The molecule has 16 heavy (non-hydrogen) atoms. The van der Waals surface area contributed by atoms with Crippen LogP contribution in [0, 0.1) is 12.8 Å². The fourth-order valence-electron chi connectivity index (χ4n) is 1.96. The van der Waals surface area contributed by atoms with Gasteiger partial charge >= 0.3 is 0 Å². The smallest absolute Gasteiger partial charge is 0.0469 e. The van der Waals surface area contributed by atoms with E-state index in [-0.39, 0.29) is 0 Å². The first-order valence-corrected chi connectivity index (χ1v) is 5.93. The molecule has 2 rings (SSSR count). The van der Waals surface area contributed by atoms with Crippen molar-refractivity contribution in [3.8, 4) is 0 Å². The van der Waals surface area contributed by atoms with Crippen molar-refractivity contribution in [3.05, 3.63) is 23.8 Å². The maximum absolute atomic E-state index is 5.87. The van der Waals surface area contributed by atoms with Crippen molar-refractivity contribution in [3.63, 3.8) is 0 Å². The van der Waals surface area contributed by atoms with Crippen LogP contribution in [0.4, 0.5) is 11.4 Å². The van der Waals surface area contributed by atoms with E-state index in [1.807, 2.05) is 13.0 Å². The third kappa shape index (κ3) is 2.89. The average Bonchev–Trinajstić information content (AvgIpc) is 2.32. The summed E-state index contributed by atoms with van der Waals surface area (Å²) in [6.07, 6.45) is 2.32. The Labute approximate surface area is 97.0 Å². The zero-order chi connectivity index (χ0) is 11.4. The molecule has 0 radical (unpaired) electrons. The van der Waals surface area contributed by atoms with Gasteiger partial charge in [-0.2, -0.15) is 0 Å². The lowest BCUT2D eigenvalue weighted by Crippen LogP contribution is -2.22. The molecular formula is C13H20N2O. The molecule has 1 fully saturated rings. The summed E-state index contributed by atoms with van der Waals surface area (Å²) in [6.45, 7) is 4.86. The van der Waals surface area contributed by atoms with E-state index >= 15 is 0 Å². The van der Waals surface area contributed by atoms with Gasteiger partial charge < -0.3 is 15.8 Å². The lowest BCUT2D eigenvalue weighted by Gasteiger charge is -2.22. The number of anilines is 2. The second-order valence-corrected chi connectivity index (χ2v) is 4.51. The molecule has 3 N–H and O–H groups in total. The molecule has 0 atom stereocenters. The summed E-state index contributed by atoms with van der Waals surface area (Å²) in [6, 6.07) is 6.15. The molecule has 1 heterocycles. The van der Waals surface area contributed by atoms with Crippen molar-refractivity contribution in [2.45, 2.75) is 19.8 Å². The first-order valence-electron chi connectivity index (χ1n) is 5.93. The van der Waals surface area contributed by atoms with Gasteiger partial charge in [-0.1, -0.05) is 6.07 Å². The Hall–Kier alpha value is -1.22. The van der Waals surface area contributed by atoms with E-state index in [4.69, 9.17) is 10.5 Å². The molecule has 3 heteroatoms. The fraction of sp³-hybridized carbons (Fsp3) is 0.538. The maximum atomic E-state index is 5.87. The Bertz CT molecular complexity index is 346. The van der Waals surface area contributed by atoms with E-state index in [1.54, 1.807) is 0 Å². The van der Waals surface area contributed by atoms with Gasteiger partial charge in [0.05, 0.1) is 0 Å². The first-order chi connectivity index (χ1) is 7.75. The van der Waals surface area contributed by atoms with Gasteiger partial charge in [-0.15, -0.1) is 0 Å². The Kier molecular flexibility index (Phi) is 3.67. The zero-order valence-electron chi connectivity index (χ0n) is 9.83. The van der Waals surface area contributed by atoms with Crippen molar-refractivity contribution >= 4 is 11.4 Å². The van der Waals surface area contributed by atoms with Crippen LogP contribution in [0.25, 0.3) is 0 Å². The average molecular weight is 220 g/mol. The van der Waals surface area contributed by atoms with Crippen molar-refractivity contribution in [2.75, 3.05) is 30.8 Å². The SMILES string of the molecule is Cc1ccc(NCC2CCOCC2)cc1N. The van der Waals surface area contributed by atoms with Crippen LogP contribution in [0.5, 0.6) is 0 Å². The number of aryl methyl sites for hydroxylation is 1. The summed E-state index contributed by atoms with van der Waals surface area (Å²) in [7, 11) is 0. The summed E-state index contributed by atoms with van der Waals surface area (Å²) < 4.78 is 5.34. The fourth-order valence-corrected chi connectivity index (χ4v) is 1.96. The Morgan fingerprint density at radius 2 is 2.12 bits per heavy atom. The normalized spacial score (nSPS) is 17.3. The summed E-state index contributed by atoms with van der Waals surface area (Å²) in [4.78, 5) is 0. The van der Waals surface area contributed by atoms with E-state index in [9.17, 15) is 0 Å². The van der Waals surface area contributed by atoms with Crippen molar-refractivity contribution in [2.24, 2.45) is 5.92 Å². The molecule has 0 spiro atoms. The largest absolute Gasteiger partial charge is 0.398 e. The Balaban J connectivity index is 1.86. The second kappa shape index (κ2) is 5.21. The van der Waals surface area contributed by atoms with Gasteiger partial charge in [-0.25, -0.2) is 0 Å². The van der Waals surface area contributed by atoms with Gasteiger partial charge in [0.1, 0.15) is 0 Å². The van der Waals surface area contributed by atoms with Crippen LogP contribution in [0.2, 0.25) is 0 Å². The zero-order valence-corrected chi connectivity index (χ0v) is 9.83. The van der Waals surface area contributed by atoms with Crippen LogP contribution in [0.3, 0.4) is 0 Å². The number of hydrogen-bond donors (Lipinski definition) is 2. The van der Waals surface area contributed by atoms with Crippen LogP contribution in [-0.2, 0) is 4.74 Å². The molecule has 3 nitrogen and oxygen atoms in total. The lowest BCUT2D eigenvalue weighted by molar-refractivity contribution is 0.0699. The number of nitrogens with two attached hydrogens (primary N) is 1. The highest BCUT2D eigenvalue weighted by atomic mass is 16.5. The summed E-state index contributed by atoms with van der Waals surface area (Å²) in [5.41, 5.74) is 8.98. The summed E-state index contributed by atoms with van der Waals surface area (Å²) in [5, 5.41) is 3.45. The Morgan fingerprint density at radius 3 is 2.81 bits per heavy atom. The first kappa shape index (κ1) is 11.3. The minimum atomic E-state index is 0.733. The number of nitrogens with one attached hydrogen (secondary N) is 1. The molecule has 0 unspecified atom stereocenters. The molecule has 1 aliphatic rings. The molecule has 1 aliphatic heterocycles. The molecule has 1 saturated heterocycles. The number of rotatable bonds is 3. The van der Waals surface area contributed by atoms with Gasteiger partial charge in [0.25, 0.3) is 0 Å². The van der Waals surface area contributed by atoms with Crippen LogP contribution >= 0.6 is 0 Å². The van der Waals surface area contributed by atoms with E-state index in [2.05, 4.69) is 17.4 Å². The van der Waals surface area contributed by atoms with Gasteiger partial charge in [0, 0.05) is 31.1 Å². The number of nitrogen functional groups attached to an aromatic ring is 1. The monoisotopic (exact) mass is 220 g/mol. The molecule has 0 saturated carbocycles. The van der Waals surface area contributed by atoms with Gasteiger partial charge in [-0.05, 0) is 43.4 Å². The predicted molar refractivity (Wildman–Crippen MR) is 67.6 cm³/mol. The third-order valence-electron chi connectivity index (χ3n) is 3.21. The van der Waals surface area contributed by atoms with E-state index in [1.165, 1.54) is 0 Å². The highest BCUT2D eigenvalue weighted by Gasteiger charge is 2.13. The van der Waals surface area contributed by atoms with E-state index < -0.39 is 0 Å². The van der Waals surface area contributed by atoms with E-state index in [0.29, 0.717) is 0 Å². The van der Waals surface area contributed by atoms with Crippen molar-refractivity contribution in [1.29, 1.82) is 0 Å². The minimum Gasteiger partial charge on any atom is -0.398 e. The van der Waals surface area contributed by atoms with Crippen LogP contribution in [0.15, 0.2) is 18.2 Å². The van der Waals surface area contributed by atoms with Crippen LogP contribution < -0.4 is 11.1 Å². The highest BCUT2D eigenvalue weighted by molar-refractivity contribution is 5.58. The van der Waals surface area contributed by atoms with Crippen molar-refractivity contribution in [1.82, 2.24) is 0 Å². The van der Waals surface area contributed by atoms with Crippen molar-refractivity contribution < 1.29 is 4.74 Å². The highest BCUT2D eigenvalue weighted by Crippen LogP contribution is 2.19. The number of ether oxygens (including phenoxy) is 1. The molecule has 1 aromatic carbocycles. The second-order valence-electron chi connectivity index (χ2n) is 4.51. The van der Waals surface area contributed by atoms with Crippen LogP contribution in [0.1, 0.15) is 18.4 Å². The van der Waals surface area contributed by atoms with Gasteiger partial charge in [-0.3, -0.25) is 0 Å². The van der Waals surface area contributed by atoms with Gasteiger partial charge in [0.2, 0.25) is 0 Å². The number of benzene rings is 1. The minimum absolute atomic E-state index is 0.733. The van der Waals surface area contributed by atoms with Gasteiger partial charge in [0.15, 0.2) is 0 Å². The predicted octanol–water partition coefficient (Wildman–Crippen LogP) is 2.42. The lowest BCUT2D eigenvalue weighted by atomic mass is 10.0. The molecule has 88 valence electrons. The van der Waals surface area contributed by atoms with Crippen LogP contribution in [-0.4, -0.2) is 19.8 Å². The standard InChI is InChI=1S/C13H20N2O/c1-10-2-3-12(8-13(10)14)15-9-11-4-6-16-7-5-11/h2-3,8,11,15H,4-7,9,14H2,1H3. The molecule has 0 aromatic heterocycles. The topological polar surface area (TPSA) is 47.3 Å². The molecule has 0 amide bonds. The molecular weight excluding hydrogens is 200 g/mol. The molecule has 1 aromatic rings. The Morgan fingerprint density at radius 1 is 1.38 bits per heavy atom. The van der Waals surface area contributed by atoms with E-state index in [0.717, 1.165) is 55.5 Å². The maximum Gasteiger partial charge on any atom is 0.0469 e. The molecule has 0 bridgehead atoms. The third-order valence-corrected chi connectivity index (χ3v) is 3.21. The summed E-state index contributed by atoms with van der Waals surface area (Å²) in [5.74, 6) is 0.733.